The van der Waals surface area contributed by atoms with Gasteiger partial charge in [-0.15, -0.1) is 0 Å². The van der Waals surface area contributed by atoms with Crippen LogP contribution in [0.2, 0.25) is 0 Å². The van der Waals surface area contributed by atoms with Gasteiger partial charge in [0, 0.05) is 32.3 Å². The number of rotatable bonds is 5. The second kappa shape index (κ2) is 6.73. The van der Waals surface area contributed by atoms with Crippen LogP contribution in [0.4, 0.5) is 0 Å². The van der Waals surface area contributed by atoms with E-state index in [0.29, 0.717) is 18.7 Å². The van der Waals surface area contributed by atoms with Crippen molar-refractivity contribution in [1.82, 2.24) is 10.6 Å². The van der Waals surface area contributed by atoms with E-state index < -0.39 is 0 Å². The highest BCUT2D eigenvalue weighted by molar-refractivity contribution is 5.94. The number of methoxy groups -OCH3 is 1. The fourth-order valence-electron chi connectivity index (χ4n) is 2.74. The van der Waals surface area contributed by atoms with Gasteiger partial charge in [-0.1, -0.05) is 30.3 Å². The Morgan fingerprint density at radius 1 is 1.14 bits per heavy atom. The van der Waals surface area contributed by atoms with Crippen molar-refractivity contribution in [2.45, 2.75) is 26.2 Å². The van der Waals surface area contributed by atoms with Crippen molar-refractivity contribution in [2.24, 2.45) is 0 Å². The second-order valence-electron chi connectivity index (χ2n) is 5.47. The summed E-state index contributed by atoms with van der Waals surface area (Å²) in [4.78, 5) is 12.3. The predicted octanol–water partition coefficient (Wildman–Crippen LogP) is 2.37. The van der Waals surface area contributed by atoms with Gasteiger partial charge in [0.05, 0.1) is 6.61 Å². The van der Waals surface area contributed by atoms with E-state index in [2.05, 4.69) is 10.6 Å². The average Bonchev–Trinajstić information content (AvgIpc) is 3.01. The average molecular weight is 296 g/mol. The van der Waals surface area contributed by atoms with E-state index in [4.69, 9.17) is 4.74 Å². The molecule has 1 heterocycles. The summed E-state index contributed by atoms with van der Waals surface area (Å²) in [6, 6.07) is 13.9. The van der Waals surface area contributed by atoms with Crippen LogP contribution in [-0.2, 0) is 31.0 Å². The Balaban J connectivity index is 1.68. The molecule has 2 N–H and O–H groups in total. The number of fused-ring (bicyclic) bond motifs is 1. The van der Waals surface area contributed by atoms with Gasteiger partial charge in [0.25, 0.3) is 5.91 Å². The molecular formula is C18H20N2O2. The molecule has 1 aliphatic heterocycles. The van der Waals surface area contributed by atoms with E-state index in [9.17, 15) is 4.79 Å². The molecule has 0 aromatic heterocycles. The molecule has 2 aromatic rings. The summed E-state index contributed by atoms with van der Waals surface area (Å²) in [6.07, 6.45) is 0. The summed E-state index contributed by atoms with van der Waals surface area (Å²) in [5.74, 6) is -0.0399. The predicted molar refractivity (Wildman–Crippen MR) is 85.3 cm³/mol. The number of hydrogen-bond donors (Lipinski definition) is 2. The fraction of sp³-hybridized carbons (Fsp3) is 0.278. The van der Waals surface area contributed by atoms with Crippen LogP contribution >= 0.6 is 0 Å². The Morgan fingerprint density at radius 3 is 2.73 bits per heavy atom. The summed E-state index contributed by atoms with van der Waals surface area (Å²) in [6.45, 7) is 2.79. The van der Waals surface area contributed by atoms with Crippen LogP contribution in [0.5, 0.6) is 0 Å². The lowest BCUT2D eigenvalue weighted by atomic mass is 10.1. The van der Waals surface area contributed by atoms with Crippen molar-refractivity contribution in [2.75, 3.05) is 7.11 Å². The number of hydrogen-bond acceptors (Lipinski definition) is 3. The smallest absolute Gasteiger partial charge is 0.251 e. The van der Waals surface area contributed by atoms with Gasteiger partial charge in [0.15, 0.2) is 0 Å². The molecule has 2 aromatic carbocycles. The van der Waals surface area contributed by atoms with Gasteiger partial charge < -0.3 is 15.4 Å². The monoisotopic (exact) mass is 296 g/mol. The molecule has 0 radical (unpaired) electrons. The number of nitrogens with one attached hydrogen (secondary N) is 2. The SMILES string of the molecule is COCc1ccccc1CNC(=O)c1ccc2c(c1)CNC2. The fourth-order valence-corrected chi connectivity index (χ4v) is 2.74. The molecule has 4 heteroatoms. The van der Waals surface area contributed by atoms with Crippen molar-refractivity contribution < 1.29 is 9.53 Å². The highest BCUT2D eigenvalue weighted by Gasteiger charge is 2.13. The normalized spacial score (nSPS) is 13.0. The molecule has 22 heavy (non-hydrogen) atoms. The molecule has 0 aliphatic carbocycles. The number of ether oxygens (including phenoxy) is 1. The van der Waals surface area contributed by atoms with Gasteiger partial charge in [-0.05, 0) is 34.4 Å². The maximum absolute atomic E-state index is 12.3. The van der Waals surface area contributed by atoms with Crippen LogP contribution in [0.15, 0.2) is 42.5 Å². The topological polar surface area (TPSA) is 50.4 Å². The van der Waals surface area contributed by atoms with Crippen LogP contribution in [0, 0.1) is 0 Å². The first kappa shape index (κ1) is 14.8. The third-order valence-electron chi connectivity index (χ3n) is 3.96. The molecule has 0 spiro atoms. The number of benzene rings is 2. The van der Waals surface area contributed by atoms with E-state index in [1.54, 1.807) is 7.11 Å². The molecular weight excluding hydrogens is 276 g/mol. The Hall–Kier alpha value is -2.17. The molecule has 1 aliphatic rings. The zero-order chi connectivity index (χ0) is 15.4. The first-order valence-corrected chi connectivity index (χ1v) is 7.44. The standard InChI is InChI=1S/C18H20N2O2/c1-22-12-16-5-3-2-4-14(16)11-20-18(21)13-6-7-15-9-19-10-17(15)8-13/h2-8,19H,9-12H2,1H3,(H,20,21). The maximum Gasteiger partial charge on any atom is 0.251 e. The van der Waals surface area contributed by atoms with Crippen molar-refractivity contribution in [3.8, 4) is 0 Å². The van der Waals surface area contributed by atoms with E-state index in [-0.39, 0.29) is 5.91 Å². The van der Waals surface area contributed by atoms with Crippen molar-refractivity contribution in [3.05, 3.63) is 70.3 Å². The Labute approximate surface area is 130 Å². The summed E-state index contributed by atoms with van der Waals surface area (Å²) in [5.41, 5.74) is 5.39. The van der Waals surface area contributed by atoms with E-state index in [1.165, 1.54) is 11.1 Å². The third-order valence-corrected chi connectivity index (χ3v) is 3.96. The van der Waals surface area contributed by atoms with Gasteiger partial charge in [-0.25, -0.2) is 0 Å². The van der Waals surface area contributed by atoms with E-state index >= 15 is 0 Å². The minimum Gasteiger partial charge on any atom is -0.380 e. The van der Waals surface area contributed by atoms with Gasteiger partial charge in [0.2, 0.25) is 0 Å². The van der Waals surface area contributed by atoms with Gasteiger partial charge in [-0.3, -0.25) is 4.79 Å². The summed E-state index contributed by atoms with van der Waals surface area (Å²) in [7, 11) is 1.67. The minimum atomic E-state index is -0.0399. The maximum atomic E-state index is 12.3. The summed E-state index contributed by atoms with van der Waals surface area (Å²) < 4.78 is 5.19. The lowest BCUT2D eigenvalue weighted by Crippen LogP contribution is -2.23. The minimum absolute atomic E-state index is 0.0399. The van der Waals surface area contributed by atoms with Gasteiger partial charge in [0.1, 0.15) is 0 Å². The zero-order valence-corrected chi connectivity index (χ0v) is 12.7. The van der Waals surface area contributed by atoms with Gasteiger partial charge >= 0.3 is 0 Å². The molecule has 1 amide bonds. The van der Waals surface area contributed by atoms with Crippen molar-refractivity contribution in [1.29, 1.82) is 0 Å². The van der Waals surface area contributed by atoms with Gasteiger partial charge in [-0.2, -0.15) is 0 Å². The molecule has 4 nitrogen and oxygen atoms in total. The lowest BCUT2D eigenvalue weighted by Gasteiger charge is -2.10. The first-order chi connectivity index (χ1) is 10.8. The molecule has 3 rings (SSSR count). The van der Waals surface area contributed by atoms with E-state index in [1.807, 2.05) is 42.5 Å². The molecule has 114 valence electrons. The van der Waals surface area contributed by atoms with Crippen LogP contribution < -0.4 is 10.6 Å². The number of carbonyl (C=O) groups excluding carboxylic acids is 1. The molecule has 0 bridgehead atoms. The first-order valence-electron chi connectivity index (χ1n) is 7.44. The molecule has 0 atom stereocenters. The molecule has 0 saturated carbocycles. The molecule has 0 saturated heterocycles. The summed E-state index contributed by atoms with van der Waals surface area (Å²) in [5, 5.41) is 6.28. The lowest BCUT2D eigenvalue weighted by molar-refractivity contribution is 0.0950. The number of amides is 1. The Bertz CT molecular complexity index is 683. The van der Waals surface area contributed by atoms with Crippen LogP contribution in [0.3, 0.4) is 0 Å². The van der Waals surface area contributed by atoms with E-state index in [0.717, 1.165) is 24.2 Å². The zero-order valence-electron chi connectivity index (χ0n) is 12.7. The van der Waals surface area contributed by atoms with Crippen LogP contribution in [0.25, 0.3) is 0 Å². The largest absolute Gasteiger partial charge is 0.380 e. The number of carbonyl (C=O) groups is 1. The van der Waals surface area contributed by atoms with Crippen LogP contribution in [0.1, 0.15) is 32.6 Å². The quantitative estimate of drug-likeness (QED) is 0.890. The molecule has 0 fully saturated rings. The summed E-state index contributed by atoms with van der Waals surface area (Å²) >= 11 is 0. The van der Waals surface area contributed by atoms with Crippen LogP contribution in [-0.4, -0.2) is 13.0 Å². The third kappa shape index (κ3) is 3.18. The van der Waals surface area contributed by atoms with Crippen molar-refractivity contribution in [3.63, 3.8) is 0 Å². The Kier molecular flexibility index (Phi) is 4.51. The molecule has 0 unspecified atom stereocenters. The van der Waals surface area contributed by atoms with Crippen molar-refractivity contribution >= 4 is 5.91 Å². The highest BCUT2D eigenvalue weighted by atomic mass is 16.5. The second-order valence-corrected chi connectivity index (χ2v) is 5.47. The Morgan fingerprint density at radius 2 is 1.91 bits per heavy atom. The highest BCUT2D eigenvalue weighted by Crippen LogP contribution is 2.17.